The molecule has 0 rings (SSSR count). The van der Waals surface area contributed by atoms with Crippen LogP contribution in [0.4, 0.5) is 0 Å². The van der Waals surface area contributed by atoms with Gasteiger partial charge in [-0.2, -0.15) is 0 Å². The van der Waals surface area contributed by atoms with E-state index in [1.165, 1.54) is 0 Å². The van der Waals surface area contributed by atoms with Crippen LogP contribution in [0.3, 0.4) is 0 Å². The largest absolute Gasteiger partial charge is 0.375 e. The maximum absolute atomic E-state index is 12.6. The summed E-state index contributed by atoms with van der Waals surface area (Å²) >= 11 is 0. The number of hydrogen-bond donors (Lipinski definition) is 1. The van der Waals surface area contributed by atoms with Crippen molar-refractivity contribution in [2.24, 2.45) is 11.3 Å². The molecule has 1 unspecified atom stereocenters. The summed E-state index contributed by atoms with van der Waals surface area (Å²) < 4.78 is 6.00. The van der Waals surface area contributed by atoms with Crippen LogP contribution in [-0.4, -0.2) is 31.6 Å². The van der Waals surface area contributed by atoms with Crippen molar-refractivity contribution >= 4 is 5.78 Å². The molecule has 0 aliphatic heterocycles. The zero-order chi connectivity index (χ0) is 16.5. The molecule has 0 aromatic heterocycles. The molecule has 3 heteroatoms. The Morgan fingerprint density at radius 1 is 1.14 bits per heavy atom. The summed E-state index contributed by atoms with van der Waals surface area (Å²) in [7, 11) is 1.95. The van der Waals surface area contributed by atoms with Crippen LogP contribution in [-0.2, 0) is 9.53 Å². The lowest BCUT2D eigenvalue weighted by atomic mass is 9.76. The lowest BCUT2D eigenvalue weighted by molar-refractivity contribution is -0.133. The normalized spacial score (nSPS) is 14.2. The Morgan fingerprint density at radius 2 is 1.76 bits per heavy atom. The van der Waals surface area contributed by atoms with Gasteiger partial charge < -0.3 is 10.1 Å². The van der Waals surface area contributed by atoms with Crippen molar-refractivity contribution in [2.45, 2.75) is 79.2 Å². The lowest BCUT2D eigenvalue weighted by Gasteiger charge is -2.31. The van der Waals surface area contributed by atoms with E-state index in [4.69, 9.17) is 4.74 Å². The number of ether oxygens (including phenoxy) is 1. The molecular weight excluding hydrogens is 262 g/mol. The molecule has 0 bridgehead atoms. The average Bonchev–Trinajstić information content (AvgIpc) is 2.41. The first-order valence-corrected chi connectivity index (χ1v) is 8.53. The van der Waals surface area contributed by atoms with Crippen molar-refractivity contribution in [1.82, 2.24) is 5.32 Å². The van der Waals surface area contributed by atoms with E-state index in [0.29, 0.717) is 12.4 Å². The van der Waals surface area contributed by atoms with Crippen LogP contribution in [0.15, 0.2) is 0 Å². The molecule has 3 nitrogen and oxygen atoms in total. The Morgan fingerprint density at radius 3 is 2.24 bits per heavy atom. The highest BCUT2D eigenvalue weighted by Gasteiger charge is 2.32. The van der Waals surface area contributed by atoms with E-state index < -0.39 is 0 Å². The van der Waals surface area contributed by atoms with Crippen LogP contribution >= 0.6 is 0 Å². The zero-order valence-electron chi connectivity index (χ0n) is 15.3. The molecule has 0 saturated carbocycles. The molecule has 0 spiro atoms. The minimum absolute atomic E-state index is 0.129. The van der Waals surface area contributed by atoms with Gasteiger partial charge in [0.1, 0.15) is 5.78 Å². The standard InChI is InChI=1S/C18H37NO2/c1-8-10-15(9-2)16(20)17(3,4)12-14-21-18(5,6)11-13-19-7/h15,19H,8-14H2,1-7H3. The van der Waals surface area contributed by atoms with Gasteiger partial charge in [-0.05, 0) is 53.1 Å². The fourth-order valence-electron chi connectivity index (χ4n) is 2.63. The molecule has 0 aromatic rings. The fourth-order valence-corrected chi connectivity index (χ4v) is 2.63. The Hall–Kier alpha value is -0.410. The van der Waals surface area contributed by atoms with Gasteiger partial charge in [-0.15, -0.1) is 0 Å². The van der Waals surface area contributed by atoms with Crippen molar-refractivity contribution in [3.05, 3.63) is 0 Å². The highest BCUT2D eigenvalue weighted by molar-refractivity contribution is 5.86. The van der Waals surface area contributed by atoms with Crippen LogP contribution in [0.5, 0.6) is 0 Å². The zero-order valence-corrected chi connectivity index (χ0v) is 15.3. The number of Topliss-reactive ketones (excluding diaryl/α,β-unsaturated/α-hetero) is 1. The molecule has 1 atom stereocenters. The van der Waals surface area contributed by atoms with E-state index in [9.17, 15) is 4.79 Å². The molecule has 0 radical (unpaired) electrons. The minimum atomic E-state index is -0.283. The third kappa shape index (κ3) is 7.96. The number of carbonyl (C=O) groups is 1. The van der Waals surface area contributed by atoms with Crippen LogP contribution in [0.25, 0.3) is 0 Å². The maximum Gasteiger partial charge on any atom is 0.141 e. The fraction of sp³-hybridized carbons (Fsp3) is 0.944. The van der Waals surface area contributed by atoms with Crippen molar-refractivity contribution in [2.75, 3.05) is 20.2 Å². The first-order valence-electron chi connectivity index (χ1n) is 8.53. The van der Waals surface area contributed by atoms with Gasteiger partial charge in [0.15, 0.2) is 0 Å². The predicted molar refractivity (Wildman–Crippen MR) is 90.7 cm³/mol. The van der Waals surface area contributed by atoms with Crippen LogP contribution in [0.1, 0.15) is 73.6 Å². The number of rotatable bonds is 12. The topological polar surface area (TPSA) is 38.3 Å². The smallest absolute Gasteiger partial charge is 0.141 e. The van der Waals surface area contributed by atoms with Gasteiger partial charge in [-0.1, -0.05) is 34.1 Å². The number of carbonyl (C=O) groups excluding carboxylic acids is 1. The van der Waals surface area contributed by atoms with E-state index in [2.05, 4.69) is 46.9 Å². The summed E-state index contributed by atoms with van der Waals surface area (Å²) in [6.07, 6.45) is 4.81. The second kappa shape index (κ2) is 9.58. The first-order chi connectivity index (χ1) is 9.70. The Kier molecular flexibility index (Phi) is 9.39. The third-order valence-electron chi connectivity index (χ3n) is 4.36. The van der Waals surface area contributed by atoms with Crippen molar-refractivity contribution in [1.29, 1.82) is 0 Å². The van der Waals surface area contributed by atoms with Crippen LogP contribution in [0, 0.1) is 11.3 Å². The Labute approximate surface area is 132 Å². The van der Waals surface area contributed by atoms with E-state index >= 15 is 0 Å². The second-order valence-electron chi connectivity index (χ2n) is 7.35. The molecule has 21 heavy (non-hydrogen) atoms. The number of ketones is 1. The predicted octanol–water partition coefficient (Wildman–Crippen LogP) is 4.20. The van der Waals surface area contributed by atoms with Gasteiger partial charge in [-0.25, -0.2) is 0 Å². The highest BCUT2D eigenvalue weighted by atomic mass is 16.5. The summed E-state index contributed by atoms with van der Waals surface area (Å²) in [5.74, 6) is 0.616. The Balaban J connectivity index is 4.37. The van der Waals surface area contributed by atoms with Crippen molar-refractivity contribution < 1.29 is 9.53 Å². The first kappa shape index (κ1) is 20.6. The molecule has 0 fully saturated rings. The summed E-state index contributed by atoms with van der Waals surface area (Å²) in [5, 5.41) is 3.15. The summed E-state index contributed by atoms with van der Waals surface area (Å²) in [4.78, 5) is 12.6. The Bertz CT molecular complexity index is 298. The second-order valence-corrected chi connectivity index (χ2v) is 7.35. The van der Waals surface area contributed by atoms with Gasteiger partial charge in [0.2, 0.25) is 0 Å². The molecule has 0 aliphatic rings. The van der Waals surface area contributed by atoms with Crippen LogP contribution in [0.2, 0.25) is 0 Å². The quantitative estimate of drug-likeness (QED) is 0.587. The summed E-state index contributed by atoms with van der Waals surface area (Å²) in [6, 6.07) is 0. The van der Waals surface area contributed by atoms with Gasteiger partial charge in [0, 0.05) is 17.9 Å². The minimum Gasteiger partial charge on any atom is -0.375 e. The molecule has 0 saturated heterocycles. The highest BCUT2D eigenvalue weighted by Crippen LogP contribution is 2.30. The summed E-state index contributed by atoms with van der Waals surface area (Å²) in [6.45, 7) is 14.2. The summed E-state index contributed by atoms with van der Waals surface area (Å²) in [5.41, 5.74) is -0.412. The maximum atomic E-state index is 12.6. The van der Waals surface area contributed by atoms with Gasteiger partial charge >= 0.3 is 0 Å². The van der Waals surface area contributed by atoms with E-state index in [-0.39, 0.29) is 16.9 Å². The van der Waals surface area contributed by atoms with Gasteiger partial charge in [0.05, 0.1) is 5.60 Å². The lowest BCUT2D eigenvalue weighted by Crippen LogP contribution is -2.34. The molecule has 0 heterocycles. The monoisotopic (exact) mass is 299 g/mol. The number of hydrogen-bond acceptors (Lipinski definition) is 3. The molecule has 1 N–H and O–H groups in total. The van der Waals surface area contributed by atoms with Crippen molar-refractivity contribution in [3.63, 3.8) is 0 Å². The van der Waals surface area contributed by atoms with Gasteiger partial charge in [0.25, 0.3) is 0 Å². The van der Waals surface area contributed by atoms with E-state index in [1.54, 1.807) is 0 Å². The average molecular weight is 299 g/mol. The molecular formula is C18H37NO2. The molecule has 0 aliphatic carbocycles. The van der Waals surface area contributed by atoms with Gasteiger partial charge in [-0.3, -0.25) is 4.79 Å². The molecule has 0 amide bonds. The number of nitrogens with one attached hydrogen (secondary N) is 1. The molecule has 126 valence electrons. The van der Waals surface area contributed by atoms with Crippen LogP contribution < -0.4 is 5.32 Å². The molecule has 0 aromatic carbocycles. The SMILES string of the molecule is CCCC(CC)C(=O)C(C)(C)CCOC(C)(C)CCNC. The van der Waals surface area contributed by atoms with E-state index in [0.717, 1.165) is 38.6 Å². The van der Waals surface area contributed by atoms with Crippen molar-refractivity contribution in [3.8, 4) is 0 Å². The van der Waals surface area contributed by atoms with E-state index in [1.807, 2.05) is 7.05 Å². The third-order valence-corrected chi connectivity index (χ3v) is 4.36.